The van der Waals surface area contributed by atoms with E-state index in [0.717, 1.165) is 11.3 Å². The highest BCUT2D eigenvalue weighted by atomic mass is 35.5. The number of anilines is 1. The van der Waals surface area contributed by atoms with E-state index in [-0.39, 0.29) is 35.9 Å². The first kappa shape index (κ1) is 29.9. The summed E-state index contributed by atoms with van der Waals surface area (Å²) in [6.07, 6.45) is -4.79. The van der Waals surface area contributed by atoms with Crippen molar-refractivity contribution in [1.82, 2.24) is 19.7 Å². The third-order valence-electron chi connectivity index (χ3n) is 5.99. The Morgan fingerprint density at radius 3 is 2.62 bits per heavy atom. The third kappa shape index (κ3) is 6.61. The Morgan fingerprint density at radius 1 is 1.23 bits per heavy atom. The standard InChI is InChI=1S/C23H21ClF5N5O4S2/c1-40(37)19-9-32(18(35)8-34-17(21(28)29)7-15(31-34)20(26)27)5-6-33(19)23-30-16(11-39-23)22(36)38-10-12-13(24)3-2-4-14(12)25/h2-4,7,11,19-21H,5-6,8-10H2,1H3. The van der Waals surface area contributed by atoms with Crippen molar-refractivity contribution in [2.24, 2.45) is 0 Å². The van der Waals surface area contributed by atoms with Crippen LogP contribution < -0.4 is 4.90 Å². The summed E-state index contributed by atoms with van der Waals surface area (Å²) in [4.78, 5) is 32.5. The van der Waals surface area contributed by atoms with Crippen molar-refractivity contribution < 1.29 is 40.5 Å². The molecule has 9 nitrogen and oxygen atoms in total. The quantitative estimate of drug-likeness (QED) is 0.257. The lowest BCUT2D eigenvalue weighted by Gasteiger charge is -2.40. The number of carbonyl (C=O) groups is 2. The van der Waals surface area contributed by atoms with Crippen LogP contribution in [0.3, 0.4) is 0 Å². The van der Waals surface area contributed by atoms with Crippen LogP contribution in [0.4, 0.5) is 27.1 Å². The van der Waals surface area contributed by atoms with Gasteiger partial charge >= 0.3 is 5.97 Å². The average Bonchev–Trinajstić information content (AvgIpc) is 3.56. The van der Waals surface area contributed by atoms with Gasteiger partial charge in [0.05, 0.1) is 11.6 Å². The second-order valence-corrected chi connectivity index (χ2v) is 11.3. The van der Waals surface area contributed by atoms with Gasteiger partial charge in [-0.25, -0.2) is 31.7 Å². The minimum atomic E-state index is -3.12. The highest BCUT2D eigenvalue weighted by Gasteiger charge is 2.35. The number of amides is 1. The van der Waals surface area contributed by atoms with Crippen molar-refractivity contribution in [1.29, 1.82) is 0 Å². The van der Waals surface area contributed by atoms with Gasteiger partial charge in [-0.3, -0.25) is 13.7 Å². The molecule has 2 atom stereocenters. The molecular formula is C23H21ClF5N5O4S2. The number of thiazole rings is 1. The van der Waals surface area contributed by atoms with Gasteiger partial charge in [0, 0.05) is 41.1 Å². The predicted octanol–water partition coefficient (Wildman–Crippen LogP) is 4.42. The fraction of sp³-hybridized carbons (Fsp3) is 0.391. The lowest BCUT2D eigenvalue weighted by Crippen LogP contribution is -2.57. The van der Waals surface area contributed by atoms with E-state index in [1.165, 1.54) is 34.7 Å². The molecule has 0 aliphatic carbocycles. The van der Waals surface area contributed by atoms with Gasteiger partial charge in [-0.2, -0.15) is 5.10 Å². The SMILES string of the molecule is CS(=O)C1CN(C(=O)Cn2nc(C(F)F)cc2C(F)F)CCN1c1nc(C(=O)OCc2c(F)cccc2Cl)cs1. The van der Waals surface area contributed by atoms with E-state index in [9.17, 15) is 35.8 Å². The van der Waals surface area contributed by atoms with E-state index in [0.29, 0.717) is 15.9 Å². The van der Waals surface area contributed by atoms with Crippen molar-refractivity contribution in [3.63, 3.8) is 0 Å². The molecule has 2 aromatic heterocycles. The Labute approximate surface area is 235 Å². The second-order valence-electron chi connectivity index (χ2n) is 8.53. The Bertz CT molecular complexity index is 1400. The maximum atomic E-state index is 13.9. The zero-order valence-corrected chi connectivity index (χ0v) is 23.0. The van der Waals surface area contributed by atoms with Gasteiger partial charge in [-0.1, -0.05) is 17.7 Å². The molecule has 0 radical (unpaired) electrons. The smallest absolute Gasteiger partial charge is 0.358 e. The maximum absolute atomic E-state index is 13.9. The maximum Gasteiger partial charge on any atom is 0.358 e. The number of ether oxygens (including phenoxy) is 1. The van der Waals surface area contributed by atoms with Crippen molar-refractivity contribution in [3.05, 3.63) is 63.1 Å². The van der Waals surface area contributed by atoms with Gasteiger partial charge < -0.3 is 14.5 Å². The van der Waals surface area contributed by atoms with Gasteiger partial charge in [0.1, 0.15) is 35.7 Å². The minimum absolute atomic E-state index is 0.0106. The molecule has 2 unspecified atom stereocenters. The number of benzene rings is 1. The molecule has 1 fully saturated rings. The largest absolute Gasteiger partial charge is 0.456 e. The second kappa shape index (κ2) is 12.6. The van der Waals surface area contributed by atoms with Crippen LogP contribution in [0.5, 0.6) is 0 Å². The first-order valence-corrected chi connectivity index (χ1v) is 14.4. The van der Waals surface area contributed by atoms with Crippen molar-refractivity contribution in [3.8, 4) is 0 Å². The Kier molecular flexibility index (Phi) is 9.41. The van der Waals surface area contributed by atoms with E-state index in [1.54, 1.807) is 4.90 Å². The van der Waals surface area contributed by atoms with Crippen LogP contribution in [0.1, 0.15) is 40.3 Å². The van der Waals surface area contributed by atoms with E-state index in [2.05, 4.69) is 10.1 Å². The summed E-state index contributed by atoms with van der Waals surface area (Å²) in [5.74, 6) is -2.13. The molecule has 3 heterocycles. The topological polar surface area (TPSA) is 97.6 Å². The highest BCUT2D eigenvalue weighted by molar-refractivity contribution is 7.85. The molecule has 1 amide bonds. The molecule has 17 heteroatoms. The van der Waals surface area contributed by atoms with Crippen LogP contribution in [0.25, 0.3) is 0 Å². The van der Waals surface area contributed by atoms with Crippen LogP contribution >= 0.6 is 22.9 Å². The van der Waals surface area contributed by atoms with Gasteiger partial charge in [0.25, 0.3) is 12.9 Å². The number of hydrogen-bond acceptors (Lipinski definition) is 8. The molecule has 0 bridgehead atoms. The number of rotatable bonds is 9. The van der Waals surface area contributed by atoms with Gasteiger partial charge in [0.15, 0.2) is 10.8 Å². The summed E-state index contributed by atoms with van der Waals surface area (Å²) in [6.45, 7) is -0.993. The van der Waals surface area contributed by atoms with Crippen LogP contribution in [-0.2, 0) is 33.5 Å². The summed E-state index contributed by atoms with van der Waals surface area (Å²) in [6, 6.07) is 4.61. The van der Waals surface area contributed by atoms with E-state index in [4.69, 9.17) is 16.3 Å². The molecule has 3 aromatic rings. The molecule has 216 valence electrons. The molecular weight excluding hydrogens is 605 g/mol. The van der Waals surface area contributed by atoms with Crippen molar-refractivity contribution in [2.75, 3.05) is 30.8 Å². The fourth-order valence-electron chi connectivity index (χ4n) is 3.94. The molecule has 1 aliphatic heterocycles. The normalized spacial score (nSPS) is 16.6. The monoisotopic (exact) mass is 625 g/mol. The summed E-state index contributed by atoms with van der Waals surface area (Å²) in [5.41, 5.74) is -1.73. The molecule has 0 saturated carbocycles. The predicted molar refractivity (Wildman–Crippen MR) is 137 cm³/mol. The number of aromatic nitrogens is 3. The fourth-order valence-corrected chi connectivity index (χ4v) is 6.05. The lowest BCUT2D eigenvalue weighted by atomic mass is 10.2. The van der Waals surface area contributed by atoms with Crippen molar-refractivity contribution in [2.45, 2.75) is 31.4 Å². The minimum Gasteiger partial charge on any atom is -0.456 e. The zero-order chi connectivity index (χ0) is 29.1. The van der Waals surface area contributed by atoms with Gasteiger partial charge in [-0.15, -0.1) is 11.3 Å². The molecule has 1 aromatic carbocycles. The number of carbonyl (C=O) groups excluding carboxylic acids is 2. The molecule has 0 N–H and O–H groups in total. The van der Waals surface area contributed by atoms with E-state index in [1.807, 2.05) is 0 Å². The Balaban J connectivity index is 1.42. The summed E-state index contributed by atoms with van der Waals surface area (Å²) in [7, 11) is -1.53. The molecule has 4 rings (SSSR count). The number of esters is 1. The lowest BCUT2D eigenvalue weighted by molar-refractivity contribution is -0.132. The molecule has 0 spiro atoms. The molecule has 1 aliphatic rings. The van der Waals surface area contributed by atoms with Crippen LogP contribution in [0.15, 0.2) is 29.6 Å². The first-order chi connectivity index (χ1) is 19.0. The Hall–Kier alpha value is -3.11. The number of nitrogens with zero attached hydrogens (tertiary/aromatic N) is 5. The number of halogens is 6. The zero-order valence-electron chi connectivity index (χ0n) is 20.6. The van der Waals surface area contributed by atoms with Gasteiger partial charge in [0.2, 0.25) is 5.91 Å². The van der Waals surface area contributed by atoms with E-state index >= 15 is 0 Å². The highest BCUT2D eigenvalue weighted by Crippen LogP contribution is 2.28. The van der Waals surface area contributed by atoms with Crippen LogP contribution in [0, 0.1) is 5.82 Å². The van der Waals surface area contributed by atoms with Crippen LogP contribution in [0.2, 0.25) is 5.02 Å². The van der Waals surface area contributed by atoms with E-state index < -0.39 is 71.3 Å². The number of alkyl halides is 4. The van der Waals surface area contributed by atoms with Crippen LogP contribution in [-0.4, -0.2) is 67.0 Å². The average molecular weight is 626 g/mol. The molecule has 40 heavy (non-hydrogen) atoms. The summed E-state index contributed by atoms with van der Waals surface area (Å²) in [5, 5.41) is 4.49. The summed E-state index contributed by atoms with van der Waals surface area (Å²) < 4.78 is 84.7. The Morgan fingerprint density at radius 2 is 1.98 bits per heavy atom. The number of piperazine rings is 1. The third-order valence-corrected chi connectivity index (χ3v) is 8.39. The van der Waals surface area contributed by atoms with Gasteiger partial charge in [-0.05, 0) is 18.2 Å². The summed E-state index contributed by atoms with van der Waals surface area (Å²) >= 11 is 7.01. The molecule has 1 saturated heterocycles. The first-order valence-electron chi connectivity index (χ1n) is 11.5. The van der Waals surface area contributed by atoms with Crippen molar-refractivity contribution >= 4 is 50.7 Å². The number of hydrogen-bond donors (Lipinski definition) is 0.